The number of methoxy groups -OCH3 is 1. The van der Waals surface area contributed by atoms with Crippen LogP contribution in [0.3, 0.4) is 0 Å². The molecule has 3 aromatic rings. The van der Waals surface area contributed by atoms with Gasteiger partial charge in [0.25, 0.3) is 0 Å². The van der Waals surface area contributed by atoms with Crippen LogP contribution in [0.2, 0.25) is 0 Å². The smallest absolute Gasteiger partial charge is 0.246 e. The zero-order valence-corrected chi connectivity index (χ0v) is 18.7. The SMILES string of the molecule is CCc1cc(Nc2ncn(-c3cccc(OC)c3)n2)cc(N2CCN(C3COC3)CC2)c1.[HH]. The molecule has 2 aliphatic heterocycles. The highest BCUT2D eigenvalue weighted by atomic mass is 16.5. The van der Waals surface area contributed by atoms with E-state index in [0.717, 1.165) is 62.9 Å². The summed E-state index contributed by atoms with van der Waals surface area (Å²) in [5.41, 5.74) is 4.47. The van der Waals surface area contributed by atoms with E-state index in [2.05, 4.69) is 50.3 Å². The Morgan fingerprint density at radius 2 is 1.94 bits per heavy atom. The van der Waals surface area contributed by atoms with Gasteiger partial charge >= 0.3 is 0 Å². The second-order valence-corrected chi connectivity index (χ2v) is 8.30. The Balaban J connectivity index is 0.00000259. The standard InChI is InChI=1S/C24H30N6O2.H2/c1-3-18-11-19(13-21(12-18)28-7-9-29(10-8-28)22-15-32-16-22)26-24-25-17-30(27-24)20-5-4-6-23(14-20)31-2;/h4-6,11-14,17,22H,3,7-10,15-16H2,1-2H3,(H,26,27);1H. The number of ether oxygens (including phenoxy) is 2. The minimum atomic E-state index is 0. The number of aryl methyl sites for hydroxylation is 1. The molecular weight excluding hydrogens is 404 g/mol. The zero-order valence-electron chi connectivity index (χ0n) is 18.7. The Morgan fingerprint density at radius 1 is 1.09 bits per heavy atom. The molecule has 8 nitrogen and oxygen atoms in total. The summed E-state index contributed by atoms with van der Waals surface area (Å²) in [6.45, 7) is 8.19. The average molecular weight is 437 g/mol. The first-order valence-electron chi connectivity index (χ1n) is 11.3. The summed E-state index contributed by atoms with van der Waals surface area (Å²) in [6.07, 6.45) is 2.69. The van der Waals surface area contributed by atoms with E-state index in [4.69, 9.17) is 9.47 Å². The van der Waals surface area contributed by atoms with Crippen molar-refractivity contribution in [3.63, 3.8) is 0 Å². The van der Waals surface area contributed by atoms with Gasteiger partial charge in [0.05, 0.1) is 32.1 Å². The van der Waals surface area contributed by atoms with Crippen molar-refractivity contribution in [3.8, 4) is 11.4 Å². The van der Waals surface area contributed by atoms with Gasteiger partial charge in [-0.1, -0.05) is 13.0 Å². The lowest BCUT2D eigenvalue weighted by molar-refractivity contribution is -0.0660. The molecule has 0 radical (unpaired) electrons. The van der Waals surface area contributed by atoms with Crippen LogP contribution in [0.5, 0.6) is 5.75 Å². The first-order valence-corrected chi connectivity index (χ1v) is 11.3. The van der Waals surface area contributed by atoms with Gasteiger partial charge in [-0.2, -0.15) is 4.98 Å². The summed E-state index contributed by atoms with van der Waals surface area (Å²) in [5, 5.41) is 8.00. The molecule has 3 heterocycles. The minimum Gasteiger partial charge on any atom is -0.497 e. The predicted octanol–water partition coefficient (Wildman–Crippen LogP) is 3.35. The molecule has 2 aliphatic rings. The fourth-order valence-corrected chi connectivity index (χ4v) is 4.24. The van der Waals surface area contributed by atoms with Crippen LogP contribution in [0.15, 0.2) is 48.8 Å². The van der Waals surface area contributed by atoms with Gasteiger partial charge in [0, 0.05) is 45.0 Å². The maximum Gasteiger partial charge on any atom is 0.246 e. The minimum absolute atomic E-state index is 0. The second-order valence-electron chi connectivity index (χ2n) is 8.30. The summed E-state index contributed by atoms with van der Waals surface area (Å²) in [6, 6.07) is 15.1. The Labute approximate surface area is 190 Å². The van der Waals surface area contributed by atoms with Crippen molar-refractivity contribution in [1.29, 1.82) is 0 Å². The van der Waals surface area contributed by atoms with Crippen molar-refractivity contribution >= 4 is 17.3 Å². The largest absolute Gasteiger partial charge is 0.497 e. The highest BCUT2D eigenvalue weighted by molar-refractivity contribution is 5.64. The van der Waals surface area contributed by atoms with E-state index in [9.17, 15) is 0 Å². The van der Waals surface area contributed by atoms with Crippen molar-refractivity contribution in [1.82, 2.24) is 19.7 Å². The quantitative estimate of drug-likeness (QED) is 0.609. The molecule has 0 amide bonds. The maximum atomic E-state index is 5.36. The van der Waals surface area contributed by atoms with Crippen molar-refractivity contribution < 1.29 is 10.9 Å². The van der Waals surface area contributed by atoms with Crippen LogP contribution in [-0.4, -0.2) is 72.2 Å². The lowest BCUT2D eigenvalue weighted by Gasteiger charge is -2.43. The zero-order chi connectivity index (χ0) is 21.9. The number of piperazine rings is 1. The first kappa shape index (κ1) is 20.8. The topological polar surface area (TPSA) is 67.7 Å². The molecule has 8 heteroatoms. The molecule has 2 saturated heterocycles. The van der Waals surface area contributed by atoms with Gasteiger partial charge in [-0.15, -0.1) is 5.10 Å². The molecule has 2 fully saturated rings. The predicted molar refractivity (Wildman–Crippen MR) is 128 cm³/mol. The Bertz CT molecular complexity index is 1060. The average Bonchev–Trinajstić information content (AvgIpc) is 3.26. The van der Waals surface area contributed by atoms with Crippen LogP contribution in [0.4, 0.5) is 17.3 Å². The van der Waals surface area contributed by atoms with E-state index in [0.29, 0.717) is 12.0 Å². The number of hydrogen-bond donors (Lipinski definition) is 1. The van der Waals surface area contributed by atoms with Crippen LogP contribution < -0.4 is 15.0 Å². The van der Waals surface area contributed by atoms with Crippen LogP contribution in [0.1, 0.15) is 13.9 Å². The molecule has 0 aliphatic carbocycles. The van der Waals surface area contributed by atoms with E-state index in [1.54, 1.807) is 18.1 Å². The Hall–Kier alpha value is -3.10. The summed E-state index contributed by atoms with van der Waals surface area (Å²) < 4.78 is 12.4. The number of benzene rings is 2. The lowest BCUT2D eigenvalue weighted by atomic mass is 10.1. The third-order valence-electron chi connectivity index (χ3n) is 6.27. The van der Waals surface area contributed by atoms with Gasteiger partial charge in [0.15, 0.2) is 0 Å². The summed E-state index contributed by atoms with van der Waals surface area (Å²) in [4.78, 5) is 9.48. The van der Waals surface area contributed by atoms with Gasteiger partial charge in [-0.25, -0.2) is 4.68 Å². The number of nitrogens with zero attached hydrogens (tertiary/aromatic N) is 5. The molecule has 1 aromatic heterocycles. The molecule has 0 saturated carbocycles. The van der Waals surface area contributed by atoms with Crippen molar-refractivity contribution in [3.05, 3.63) is 54.4 Å². The fourth-order valence-electron chi connectivity index (χ4n) is 4.24. The van der Waals surface area contributed by atoms with E-state index in [-0.39, 0.29) is 1.43 Å². The highest BCUT2D eigenvalue weighted by Crippen LogP contribution is 2.27. The molecular formula is C24H32N6O2. The van der Waals surface area contributed by atoms with Crippen molar-refractivity contribution in [2.45, 2.75) is 19.4 Å². The van der Waals surface area contributed by atoms with E-state index >= 15 is 0 Å². The van der Waals surface area contributed by atoms with Crippen molar-refractivity contribution in [2.24, 2.45) is 0 Å². The normalized spacial score (nSPS) is 17.2. The van der Waals surface area contributed by atoms with Gasteiger partial charge in [0.1, 0.15) is 12.1 Å². The van der Waals surface area contributed by atoms with E-state index in [1.807, 2.05) is 24.3 Å². The number of anilines is 3. The van der Waals surface area contributed by atoms with Crippen LogP contribution in [-0.2, 0) is 11.2 Å². The number of rotatable bonds is 7. The van der Waals surface area contributed by atoms with Gasteiger partial charge in [-0.05, 0) is 42.3 Å². The molecule has 0 spiro atoms. The van der Waals surface area contributed by atoms with E-state index < -0.39 is 0 Å². The number of aromatic nitrogens is 3. The Morgan fingerprint density at radius 3 is 2.66 bits per heavy atom. The van der Waals surface area contributed by atoms with Gasteiger partial charge < -0.3 is 19.7 Å². The summed E-state index contributed by atoms with van der Waals surface area (Å²) in [7, 11) is 1.66. The number of nitrogens with one attached hydrogen (secondary N) is 1. The summed E-state index contributed by atoms with van der Waals surface area (Å²) in [5.74, 6) is 1.36. The van der Waals surface area contributed by atoms with Crippen LogP contribution in [0.25, 0.3) is 5.69 Å². The molecule has 2 aromatic carbocycles. The monoisotopic (exact) mass is 436 g/mol. The summed E-state index contributed by atoms with van der Waals surface area (Å²) >= 11 is 0. The third kappa shape index (κ3) is 4.42. The third-order valence-corrected chi connectivity index (χ3v) is 6.27. The molecule has 0 unspecified atom stereocenters. The molecule has 0 atom stereocenters. The molecule has 170 valence electrons. The maximum absolute atomic E-state index is 5.36. The van der Waals surface area contributed by atoms with Crippen LogP contribution >= 0.6 is 0 Å². The molecule has 0 bridgehead atoms. The molecule has 1 N–H and O–H groups in total. The van der Waals surface area contributed by atoms with Crippen molar-refractivity contribution in [2.75, 3.05) is 56.7 Å². The fraction of sp³-hybridized carbons (Fsp3) is 0.417. The van der Waals surface area contributed by atoms with Crippen LogP contribution in [0, 0.1) is 0 Å². The molecule has 32 heavy (non-hydrogen) atoms. The van der Waals surface area contributed by atoms with Gasteiger partial charge in [-0.3, -0.25) is 4.90 Å². The van der Waals surface area contributed by atoms with Gasteiger partial charge in [0.2, 0.25) is 5.95 Å². The second kappa shape index (κ2) is 9.18. The van der Waals surface area contributed by atoms with E-state index in [1.165, 1.54) is 11.3 Å². The highest BCUT2D eigenvalue weighted by Gasteiger charge is 2.29. The Kier molecular flexibility index (Phi) is 5.96. The number of hydrogen-bond acceptors (Lipinski definition) is 7. The first-order chi connectivity index (χ1) is 15.7. The lowest BCUT2D eigenvalue weighted by Crippen LogP contribution is -2.56. The molecule has 5 rings (SSSR count).